The molecule has 0 fully saturated rings. The Kier molecular flexibility index (Phi) is 6.63. The fraction of sp³-hybridized carbons (Fsp3) is 0.462. The van der Waals surface area contributed by atoms with Crippen LogP contribution in [0.25, 0.3) is 0 Å². The molecule has 0 aliphatic carbocycles. The molecule has 1 amide bonds. The Morgan fingerprint density at radius 2 is 1.90 bits per heavy atom. The number of amides is 1. The molecule has 0 aromatic heterocycles. The highest BCUT2D eigenvalue weighted by Gasteiger charge is 2.17. The average molecular weight is 299 g/mol. The van der Waals surface area contributed by atoms with E-state index in [1.54, 1.807) is 0 Å². The van der Waals surface area contributed by atoms with Gasteiger partial charge in [-0.1, -0.05) is 30.3 Å². The summed E-state index contributed by atoms with van der Waals surface area (Å²) in [6.45, 7) is 0.944. The van der Waals surface area contributed by atoms with Gasteiger partial charge in [0, 0.05) is 19.6 Å². The molecule has 1 aromatic carbocycles. The molecule has 6 nitrogen and oxygen atoms in total. The van der Waals surface area contributed by atoms with Crippen molar-refractivity contribution >= 4 is 15.9 Å². The monoisotopic (exact) mass is 299 g/mol. The van der Waals surface area contributed by atoms with Gasteiger partial charge in [-0.05, 0) is 12.0 Å². The SMILES string of the molecule is CS(=O)(=O)NCCCNC(=O)C(CN)c1ccccc1. The molecule has 1 aromatic rings. The van der Waals surface area contributed by atoms with Crippen LogP contribution < -0.4 is 15.8 Å². The van der Waals surface area contributed by atoms with Crippen LogP contribution in [-0.4, -0.2) is 40.2 Å². The normalized spacial score (nSPS) is 12.9. The summed E-state index contributed by atoms with van der Waals surface area (Å²) in [6.07, 6.45) is 1.64. The Morgan fingerprint density at radius 1 is 1.25 bits per heavy atom. The first kappa shape index (κ1) is 16.6. The number of rotatable bonds is 8. The van der Waals surface area contributed by atoms with Crippen molar-refractivity contribution in [2.24, 2.45) is 5.73 Å². The summed E-state index contributed by atoms with van der Waals surface area (Å²) in [6, 6.07) is 9.33. The lowest BCUT2D eigenvalue weighted by molar-refractivity contribution is -0.122. The molecule has 7 heteroatoms. The predicted octanol–water partition coefficient (Wildman–Crippen LogP) is -0.216. The lowest BCUT2D eigenvalue weighted by Gasteiger charge is -2.15. The number of benzene rings is 1. The lowest BCUT2D eigenvalue weighted by atomic mass is 9.98. The van der Waals surface area contributed by atoms with Gasteiger partial charge in [0.1, 0.15) is 0 Å². The molecule has 0 heterocycles. The molecule has 4 N–H and O–H groups in total. The highest BCUT2D eigenvalue weighted by molar-refractivity contribution is 7.88. The number of nitrogens with one attached hydrogen (secondary N) is 2. The lowest BCUT2D eigenvalue weighted by Crippen LogP contribution is -2.35. The highest BCUT2D eigenvalue weighted by Crippen LogP contribution is 2.13. The minimum Gasteiger partial charge on any atom is -0.355 e. The third-order valence-corrected chi connectivity index (χ3v) is 3.50. The first-order valence-corrected chi connectivity index (χ1v) is 8.30. The fourth-order valence-corrected chi connectivity index (χ4v) is 2.28. The second-order valence-corrected chi connectivity index (χ2v) is 6.34. The van der Waals surface area contributed by atoms with Crippen LogP contribution in [0.4, 0.5) is 0 Å². The Morgan fingerprint density at radius 3 is 2.45 bits per heavy atom. The van der Waals surface area contributed by atoms with Crippen LogP contribution >= 0.6 is 0 Å². The molecule has 20 heavy (non-hydrogen) atoms. The number of hydrogen-bond donors (Lipinski definition) is 3. The highest BCUT2D eigenvalue weighted by atomic mass is 32.2. The zero-order valence-electron chi connectivity index (χ0n) is 11.5. The third kappa shape index (κ3) is 6.14. The summed E-state index contributed by atoms with van der Waals surface area (Å²) in [5, 5.41) is 2.76. The maximum absolute atomic E-state index is 12.0. The molecular weight excluding hydrogens is 278 g/mol. The molecule has 0 aliphatic rings. The van der Waals surface area contributed by atoms with Gasteiger partial charge in [0.25, 0.3) is 0 Å². The first-order valence-electron chi connectivity index (χ1n) is 6.41. The number of carbonyl (C=O) groups excluding carboxylic acids is 1. The van der Waals surface area contributed by atoms with Gasteiger partial charge in [-0.25, -0.2) is 13.1 Å². The zero-order valence-corrected chi connectivity index (χ0v) is 12.3. The van der Waals surface area contributed by atoms with Gasteiger partial charge in [0.15, 0.2) is 0 Å². The Bertz CT molecular complexity index is 517. The van der Waals surface area contributed by atoms with Crippen LogP contribution in [0.15, 0.2) is 30.3 Å². The van der Waals surface area contributed by atoms with Crippen molar-refractivity contribution < 1.29 is 13.2 Å². The summed E-state index contributed by atoms with van der Waals surface area (Å²) < 4.78 is 24.1. The second kappa shape index (κ2) is 7.98. The largest absolute Gasteiger partial charge is 0.355 e. The van der Waals surface area contributed by atoms with Gasteiger partial charge in [-0.3, -0.25) is 4.79 Å². The van der Waals surface area contributed by atoms with Crippen LogP contribution in [0.1, 0.15) is 17.9 Å². The second-order valence-electron chi connectivity index (χ2n) is 4.51. The van der Waals surface area contributed by atoms with Gasteiger partial charge >= 0.3 is 0 Å². The molecular formula is C13H21N3O3S. The van der Waals surface area contributed by atoms with E-state index in [1.807, 2.05) is 30.3 Å². The van der Waals surface area contributed by atoms with Crippen LogP contribution in [0.3, 0.4) is 0 Å². The molecule has 0 saturated heterocycles. The predicted molar refractivity (Wildman–Crippen MR) is 78.7 cm³/mol. The summed E-state index contributed by atoms with van der Waals surface area (Å²) in [5.41, 5.74) is 6.52. The molecule has 1 atom stereocenters. The Hall–Kier alpha value is -1.44. The Labute approximate surface area is 119 Å². The van der Waals surface area contributed by atoms with Crippen molar-refractivity contribution in [3.8, 4) is 0 Å². The van der Waals surface area contributed by atoms with E-state index in [2.05, 4.69) is 10.0 Å². The van der Waals surface area contributed by atoms with Gasteiger partial charge in [0.05, 0.1) is 12.2 Å². The Balaban J connectivity index is 2.38. The topological polar surface area (TPSA) is 101 Å². The van der Waals surface area contributed by atoms with E-state index in [9.17, 15) is 13.2 Å². The van der Waals surface area contributed by atoms with E-state index in [0.29, 0.717) is 19.5 Å². The summed E-state index contributed by atoms with van der Waals surface area (Å²) >= 11 is 0. The fourth-order valence-electron chi connectivity index (χ4n) is 1.76. The van der Waals surface area contributed by atoms with E-state index in [-0.39, 0.29) is 18.4 Å². The van der Waals surface area contributed by atoms with Crippen molar-refractivity contribution in [2.45, 2.75) is 12.3 Å². The van der Waals surface area contributed by atoms with Crippen molar-refractivity contribution in [1.82, 2.24) is 10.0 Å². The summed E-state index contributed by atoms with van der Waals surface area (Å²) in [7, 11) is -3.17. The first-order chi connectivity index (χ1) is 9.44. The maximum Gasteiger partial charge on any atom is 0.228 e. The molecule has 1 unspecified atom stereocenters. The van der Waals surface area contributed by atoms with Crippen molar-refractivity contribution in [1.29, 1.82) is 0 Å². The van der Waals surface area contributed by atoms with Gasteiger partial charge in [0.2, 0.25) is 15.9 Å². The van der Waals surface area contributed by atoms with E-state index in [1.165, 1.54) is 0 Å². The molecule has 112 valence electrons. The van der Waals surface area contributed by atoms with E-state index in [0.717, 1.165) is 11.8 Å². The van der Waals surface area contributed by atoms with Gasteiger partial charge < -0.3 is 11.1 Å². The van der Waals surface area contributed by atoms with Crippen LogP contribution in [-0.2, 0) is 14.8 Å². The number of nitrogens with two attached hydrogens (primary N) is 1. The van der Waals surface area contributed by atoms with Gasteiger partial charge in [-0.2, -0.15) is 0 Å². The molecule has 0 saturated carbocycles. The maximum atomic E-state index is 12.0. The third-order valence-electron chi connectivity index (χ3n) is 2.77. The summed E-state index contributed by atoms with van der Waals surface area (Å²) in [5.74, 6) is -0.517. The van der Waals surface area contributed by atoms with E-state index in [4.69, 9.17) is 5.73 Å². The number of sulfonamides is 1. The molecule has 0 bridgehead atoms. The zero-order chi connectivity index (χ0) is 15.0. The van der Waals surface area contributed by atoms with Crippen LogP contribution in [0.5, 0.6) is 0 Å². The summed E-state index contributed by atoms with van der Waals surface area (Å²) in [4.78, 5) is 12.0. The van der Waals surface area contributed by atoms with Crippen molar-refractivity contribution in [3.63, 3.8) is 0 Å². The van der Waals surface area contributed by atoms with Crippen LogP contribution in [0, 0.1) is 0 Å². The smallest absolute Gasteiger partial charge is 0.228 e. The van der Waals surface area contributed by atoms with E-state index >= 15 is 0 Å². The number of carbonyl (C=O) groups is 1. The van der Waals surface area contributed by atoms with Crippen molar-refractivity contribution in [2.75, 3.05) is 25.9 Å². The number of hydrogen-bond acceptors (Lipinski definition) is 4. The van der Waals surface area contributed by atoms with Crippen LogP contribution in [0.2, 0.25) is 0 Å². The minimum atomic E-state index is -3.17. The molecule has 1 rings (SSSR count). The molecule has 0 spiro atoms. The quantitative estimate of drug-likeness (QED) is 0.578. The van der Waals surface area contributed by atoms with Crippen molar-refractivity contribution in [3.05, 3.63) is 35.9 Å². The standard InChI is InChI=1S/C13H21N3O3S/c1-20(18,19)16-9-5-8-15-13(17)12(10-14)11-6-3-2-4-7-11/h2-4,6-7,12,16H,5,8-10,14H2,1H3,(H,15,17). The van der Waals surface area contributed by atoms with Gasteiger partial charge in [-0.15, -0.1) is 0 Å². The molecule has 0 radical (unpaired) electrons. The average Bonchev–Trinajstić information content (AvgIpc) is 2.39. The minimum absolute atomic E-state index is 0.141. The van der Waals surface area contributed by atoms with E-state index < -0.39 is 10.0 Å². The molecule has 0 aliphatic heterocycles.